The fraction of sp³-hybridized carbons (Fsp3) is 0.355. The van der Waals surface area contributed by atoms with E-state index in [2.05, 4.69) is 49.7 Å². The number of rotatable bonds is 7. The largest absolute Gasteiger partial charge is 0.384 e. The molecule has 2 fully saturated rings. The summed E-state index contributed by atoms with van der Waals surface area (Å²) in [5, 5.41) is 14.6. The van der Waals surface area contributed by atoms with Crippen molar-refractivity contribution in [1.82, 2.24) is 20.1 Å². The molecule has 1 aliphatic carbocycles. The lowest BCUT2D eigenvalue weighted by Crippen LogP contribution is -2.54. The van der Waals surface area contributed by atoms with Crippen LogP contribution >= 0.6 is 0 Å². The Balaban J connectivity index is 1.01. The summed E-state index contributed by atoms with van der Waals surface area (Å²) in [6.45, 7) is 5.09. The molecule has 2 aromatic rings. The maximum Gasteiger partial charge on any atom is 0.264 e. The SMILES string of the molecule is N#Cc1ccc(N2CCN(CC3=CCC(CNc4cccc5c4C(=O)N(C4CCC(=O)NC4=O)C5=O)C=C3)CC2)nc1. The lowest BCUT2D eigenvalue weighted by atomic mass is 9.96. The summed E-state index contributed by atoms with van der Waals surface area (Å²) in [7, 11) is 0. The predicted octanol–water partition coefficient (Wildman–Crippen LogP) is 2.09. The minimum absolute atomic E-state index is 0.0880. The van der Waals surface area contributed by atoms with E-state index in [0.29, 0.717) is 17.8 Å². The zero-order valence-corrected chi connectivity index (χ0v) is 23.1. The number of aromatic nitrogens is 1. The highest BCUT2D eigenvalue weighted by molar-refractivity contribution is 6.25. The van der Waals surface area contributed by atoms with Gasteiger partial charge >= 0.3 is 0 Å². The molecule has 1 aromatic heterocycles. The van der Waals surface area contributed by atoms with Gasteiger partial charge in [-0.15, -0.1) is 0 Å². The first-order chi connectivity index (χ1) is 20.4. The highest BCUT2D eigenvalue weighted by Crippen LogP contribution is 2.33. The Kier molecular flexibility index (Phi) is 7.54. The number of fused-ring (bicyclic) bond motifs is 1. The number of piperidine rings is 1. The minimum Gasteiger partial charge on any atom is -0.384 e. The zero-order chi connectivity index (χ0) is 29.2. The van der Waals surface area contributed by atoms with Gasteiger partial charge in [-0.2, -0.15) is 5.26 Å². The van der Waals surface area contributed by atoms with Gasteiger partial charge in [0.2, 0.25) is 11.8 Å². The van der Waals surface area contributed by atoms with Crippen molar-refractivity contribution in [3.8, 4) is 6.07 Å². The number of hydrogen-bond donors (Lipinski definition) is 2. The van der Waals surface area contributed by atoms with Crippen LogP contribution in [0.25, 0.3) is 0 Å². The van der Waals surface area contributed by atoms with E-state index in [1.807, 2.05) is 6.07 Å². The number of nitrogens with one attached hydrogen (secondary N) is 2. The Hall–Kier alpha value is -4.82. The normalized spacial score (nSPS) is 22.5. The fourth-order valence-corrected chi connectivity index (χ4v) is 5.91. The lowest BCUT2D eigenvalue weighted by molar-refractivity contribution is -0.136. The van der Waals surface area contributed by atoms with Gasteiger partial charge in [0.1, 0.15) is 17.9 Å². The van der Waals surface area contributed by atoms with Crippen LogP contribution in [0.5, 0.6) is 0 Å². The van der Waals surface area contributed by atoms with Crippen LogP contribution in [0.15, 0.2) is 60.3 Å². The summed E-state index contributed by atoms with van der Waals surface area (Å²) in [5.41, 5.74) is 2.95. The van der Waals surface area contributed by atoms with E-state index in [1.165, 1.54) is 5.57 Å². The van der Waals surface area contributed by atoms with Crippen molar-refractivity contribution in [2.75, 3.05) is 49.5 Å². The summed E-state index contributed by atoms with van der Waals surface area (Å²) in [6.07, 6.45) is 9.30. The van der Waals surface area contributed by atoms with Crippen LogP contribution in [-0.4, -0.2) is 83.7 Å². The molecule has 4 amide bonds. The second-order valence-corrected chi connectivity index (χ2v) is 11.0. The molecule has 214 valence electrons. The van der Waals surface area contributed by atoms with E-state index < -0.39 is 29.7 Å². The van der Waals surface area contributed by atoms with Gasteiger partial charge in [0.25, 0.3) is 11.8 Å². The third kappa shape index (κ3) is 5.41. The van der Waals surface area contributed by atoms with Gasteiger partial charge in [-0.1, -0.05) is 24.3 Å². The average molecular weight is 566 g/mol. The van der Waals surface area contributed by atoms with Gasteiger partial charge in [-0.05, 0) is 48.6 Å². The molecule has 0 radical (unpaired) electrons. The molecule has 0 spiro atoms. The third-order valence-corrected chi connectivity index (χ3v) is 8.27. The van der Waals surface area contributed by atoms with Gasteiger partial charge in [0, 0.05) is 57.6 Å². The molecular formula is C31H31N7O4. The van der Waals surface area contributed by atoms with Crippen LogP contribution in [0.2, 0.25) is 0 Å². The summed E-state index contributed by atoms with van der Waals surface area (Å²) >= 11 is 0. The Morgan fingerprint density at radius 2 is 1.88 bits per heavy atom. The maximum absolute atomic E-state index is 13.3. The Bertz CT molecular complexity index is 1530. The van der Waals surface area contributed by atoms with Crippen LogP contribution < -0.4 is 15.5 Å². The zero-order valence-electron chi connectivity index (χ0n) is 23.1. The number of nitrogens with zero attached hydrogens (tertiary/aromatic N) is 5. The van der Waals surface area contributed by atoms with Gasteiger partial charge in [0.05, 0.1) is 16.7 Å². The highest BCUT2D eigenvalue weighted by Gasteiger charge is 2.45. The standard InChI is InChI=1S/C31H31N7O4/c32-16-22-8-10-26(34-18-22)37-14-12-36(13-15-37)19-21-6-4-20(5-7-21)17-33-24-3-1-2-23-28(24)31(42)38(30(23)41)25-9-11-27(39)35-29(25)40/h1-4,6-8,10,18,20,25,33H,5,9,11-15,17,19H2,(H,35,39,40). The number of allylic oxidation sites excluding steroid dienone is 1. The predicted molar refractivity (Wildman–Crippen MR) is 155 cm³/mol. The van der Waals surface area contributed by atoms with Crippen molar-refractivity contribution in [2.24, 2.45) is 5.92 Å². The first-order valence-corrected chi connectivity index (χ1v) is 14.2. The molecule has 6 rings (SSSR count). The molecule has 3 aliphatic heterocycles. The van der Waals surface area contributed by atoms with E-state index in [4.69, 9.17) is 5.26 Å². The summed E-state index contributed by atoms with van der Waals surface area (Å²) in [4.78, 5) is 60.4. The first-order valence-electron chi connectivity index (χ1n) is 14.2. The number of imide groups is 2. The molecule has 4 heterocycles. The molecule has 1 aromatic carbocycles. The molecule has 2 unspecified atom stereocenters. The monoisotopic (exact) mass is 565 g/mol. The summed E-state index contributed by atoms with van der Waals surface area (Å²) in [5.74, 6) is -0.901. The Labute approximate surface area is 243 Å². The van der Waals surface area contributed by atoms with E-state index in [0.717, 1.165) is 49.9 Å². The fourth-order valence-electron chi connectivity index (χ4n) is 5.91. The Morgan fingerprint density at radius 3 is 2.57 bits per heavy atom. The number of nitriles is 1. The van der Waals surface area contributed by atoms with Gasteiger partial charge in [-0.25, -0.2) is 4.98 Å². The molecule has 4 aliphatic rings. The van der Waals surface area contributed by atoms with Crippen LogP contribution in [0, 0.1) is 17.2 Å². The summed E-state index contributed by atoms with van der Waals surface area (Å²) in [6, 6.07) is 9.93. The topological polar surface area (TPSA) is 139 Å². The second-order valence-electron chi connectivity index (χ2n) is 11.0. The van der Waals surface area contributed by atoms with Crippen molar-refractivity contribution in [3.63, 3.8) is 0 Å². The molecule has 11 heteroatoms. The highest BCUT2D eigenvalue weighted by atomic mass is 16.2. The van der Waals surface area contributed by atoms with E-state index in [9.17, 15) is 19.2 Å². The van der Waals surface area contributed by atoms with Crippen LogP contribution in [0.4, 0.5) is 11.5 Å². The molecule has 2 saturated heterocycles. The van der Waals surface area contributed by atoms with Crippen LogP contribution in [0.3, 0.4) is 0 Å². The van der Waals surface area contributed by atoms with Crippen molar-refractivity contribution >= 4 is 35.1 Å². The number of piperazine rings is 1. The smallest absolute Gasteiger partial charge is 0.264 e. The summed E-state index contributed by atoms with van der Waals surface area (Å²) < 4.78 is 0. The molecule has 0 bridgehead atoms. The number of carbonyl (C=O) groups is 4. The van der Waals surface area contributed by atoms with Crippen LogP contribution in [-0.2, 0) is 9.59 Å². The third-order valence-electron chi connectivity index (χ3n) is 8.27. The molecule has 0 saturated carbocycles. The quantitative estimate of drug-likeness (QED) is 0.483. The second kappa shape index (κ2) is 11.6. The van der Waals surface area contributed by atoms with Gasteiger partial charge in [-0.3, -0.25) is 34.3 Å². The Morgan fingerprint density at radius 1 is 1.05 bits per heavy atom. The van der Waals surface area contributed by atoms with Crippen molar-refractivity contribution in [3.05, 3.63) is 77.0 Å². The first kappa shape index (κ1) is 27.4. The maximum atomic E-state index is 13.3. The molecule has 11 nitrogen and oxygen atoms in total. The van der Waals surface area contributed by atoms with E-state index in [1.54, 1.807) is 30.5 Å². The number of pyridine rings is 1. The van der Waals surface area contributed by atoms with Crippen molar-refractivity contribution in [2.45, 2.75) is 25.3 Å². The lowest BCUT2D eigenvalue weighted by Gasteiger charge is -2.36. The molecule has 2 N–H and O–H groups in total. The van der Waals surface area contributed by atoms with Crippen molar-refractivity contribution in [1.29, 1.82) is 5.26 Å². The number of hydrogen-bond acceptors (Lipinski definition) is 9. The van der Waals surface area contributed by atoms with Crippen molar-refractivity contribution < 1.29 is 19.2 Å². The number of benzene rings is 1. The van der Waals surface area contributed by atoms with Crippen LogP contribution in [0.1, 0.15) is 45.5 Å². The van der Waals surface area contributed by atoms with E-state index >= 15 is 0 Å². The number of carbonyl (C=O) groups excluding carboxylic acids is 4. The molecule has 42 heavy (non-hydrogen) atoms. The van der Waals surface area contributed by atoms with Gasteiger partial charge in [0.15, 0.2) is 0 Å². The molecule has 2 atom stereocenters. The molecular weight excluding hydrogens is 534 g/mol. The number of anilines is 2. The van der Waals surface area contributed by atoms with E-state index in [-0.39, 0.29) is 29.9 Å². The van der Waals surface area contributed by atoms with Gasteiger partial charge < -0.3 is 10.2 Å². The minimum atomic E-state index is -0.983. The average Bonchev–Trinajstić information content (AvgIpc) is 3.27. The number of amides is 4.